The van der Waals surface area contributed by atoms with Crippen molar-refractivity contribution in [3.8, 4) is 11.4 Å². The third-order valence-electron chi connectivity index (χ3n) is 5.91. The van der Waals surface area contributed by atoms with Gasteiger partial charge in [-0.15, -0.1) is 0 Å². The second kappa shape index (κ2) is 12.9. The van der Waals surface area contributed by atoms with Crippen molar-refractivity contribution in [2.24, 2.45) is 5.10 Å². The zero-order valence-electron chi connectivity index (χ0n) is 21.8. The van der Waals surface area contributed by atoms with Crippen LogP contribution in [0.1, 0.15) is 26.3 Å². The molecule has 0 fully saturated rings. The Bertz CT molecular complexity index is 1460. The van der Waals surface area contributed by atoms with Crippen LogP contribution in [0.3, 0.4) is 0 Å². The fraction of sp³-hybridized carbons (Fsp3) is 0.241. The molecule has 0 atom stereocenters. The lowest BCUT2D eigenvalue weighted by Gasteiger charge is -2.20. The van der Waals surface area contributed by atoms with E-state index in [4.69, 9.17) is 4.74 Å². The summed E-state index contributed by atoms with van der Waals surface area (Å²) in [5.41, 5.74) is 5.61. The average Bonchev–Trinajstić information content (AvgIpc) is 2.94. The number of aromatic nitrogens is 2. The molecule has 1 N–H and O–H groups in total. The van der Waals surface area contributed by atoms with E-state index in [1.54, 1.807) is 18.3 Å². The van der Waals surface area contributed by atoms with Crippen molar-refractivity contribution in [1.29, 1.82) is 0 Å². The first kappa shape index (κ1) is 26.9. The largest absolute Gasteiger partial charge is 0.494 e. The summed E-state index contributed by atoms with van der Waals surface area (Å²) < 4.78 is 7.05. The molecule has 0 aliphatic carbocycles. The van der Waals surface area contributed by atoms with E-state index < -0.39 is 0 Å². The number of benzene rings is 3. The summed E-state index contributed by atoms with van der Waals surface area (Å²) in [4.78, 5) is 32.9. The van der Waals surface area contributed by atoms with Crippen molar-refractivity contribution >= 4 is 40.5 Å². The molecule has 196 valence electrons. The number of ether oxygens (including phenoxy) is 1. The van der Waals surface area contributed by atoms with Crippen molar-refractivity contribution in [3.05, 3.63) is 88.7 Å². The van der Waals surface area contributed by atoms with Crippen LogP contribution in [-0.4, -0.2) is 47.1 Å². The van der Waals surface area contributed by atoms with Crippen molar-refractivity contribution in [3.63, 3.8) is 0 Å². The third kappa shape index (κ3) is 6.41. The Labute approximate surface area is 226 Å². The van der Waals surface area contributed by atoms with Gasteiger partial charge in [0.05, 0.1) is 35.2 Å². The lowest BCUT2D eigenvalue weighted by atomic mass is 10.2. The number of para-hydroxylation sites is 1. The van der Waals surface area contributed by atoms with Crippen LogP contribution in [0.2, 0.25) is 0 Å². The SMILES string of the molecule is CCOc1ccc(-n2c(SCC(=O)NN=Cc3ccc(N(CC)CC)cc3)nc3ccccc3c2=O)cc1. The van der Waals surface area contributed by atoms with Crippen LogP contribution in [0.4, 0.5) is 5.69 Å². The fourth-order valence-corrected chi connectivity index (χ4v) is 4.80. The molecule has 0 saturated heterocycles. The van der Waals surface area contributed by atoms with Gasteiger partial charge in [-0.2, -0.15) is 5.10 Å². The number of rotatable bonds is 11. The number of hydrogen-bond donors (Lipinski definition) is 1. The highest BCUT2D eigenvalue weighted by Crippen LogP contribution is 2.23. The lowest BCUT2D eigenvalue weighted by molar-refractivity contribution is -0.118. The number of fused-ring (bicyclic) bond motifs is 1. The maximum Gasteiger partial charge on any atom is 0.266 e. The van der Waals surface area contributed by atoms with E-state index in [1.807, 2.05) is 67.6 Å². The lowest BCUT2D eigenvalue weighted by Crippen LogP contribution is -2.24. The number of anilines is 1. The molecular weight excluding hydrogens is 498 g/mol. The van der Waals surface area contributed by atoms with E-state index in [9.17, 15) is 9.59 Å². The van der Waals surface area contributed by atoms with E-state index >= 15 is 0 Å². The van der Waals surface area contributed by atoms with Crippen LogP contribution in [-0.2, 0) is 4.79 Å². The topological polar surface area (TPSA) is 88.8 Å². The Morgan fingerprint density at radius 1 is 1.03 bits per heavy atom. The molecule has 4 rings (SSSR count). The summed E-state index contributed by atoms with van der Waals surface area (Å²) in [6.07, 6.45) is 1.61. The normalized spacial score (nSPS) is 11.1. The Hall–Kier alpha value is -4.11. The van der Waals surface area contributed by atoms with E-state index in [0.29, 0.717) is 34.1 Å². The van der Waals surface area contributed by atoms with Crippen LogP contribution in [0, 0.1) is 0 Å². The molecule has 0 bridgehead atoms. The standard InChI is InChI=1S/C29H31N5O3S/c1-4-33(5-2)22-13-11-21(12-14-22)19-30-32-27(35)20-38-29-31-26-10-8-7-9-25(26)28(36)34(29)23-15-17-24(18-16-23)37-6-3/h7-19H,4-6,20H2,1-3H3,(H,32,35). The zero-order chi connectivity index (χ0) is 26.9. The highest BCUT2D eigenvalue weighted by Gasteiger charge is 2.15. The van der Waals surface area contributed by atoms with E-state index in [1.165, 1.54) is 16.3 Å². The Morgan fingerprint density at radius 2 is 1.74 bits per heavy atom. The Balaban J connectivity index is 1.48. The van der Waals surface area contributed by atoms with Gasteiger partial charge < -0.3 is 9.64 Å². The molecule has 3 aromatic carbocycles. The molecule has 9 heteroatoms. The van der Waals surface area contributed by atoms with E-state index in [-0.39, 0.29) is 17.2 Å². The molecule has 38 heavy (non-hydrogen) atoms. The summed E-state index contributed by atoms with van der Waals surface area (Å²) in [5, 5.41) is 5.02. The monoisotopic (exact) mass is 529 g/mol. The molecule has 0 aliphatic heterocycles. The molecule has 0 saturated carbocycles. The molecule has 0 unspecified atom stereocenters. The molecule has 0 aliphatic rings. The molecule has 0 radical (unpaired) electrons. The molecule has 1 amide bonds. The molecular formula is C29H31N5O3S. The number of carbonyl (C=O) groups excluding carboxylic acids is 1. The van der Waals surface area contributed by atoms with Gasteiger partial charge in [0.25, 0.3) is 11.5 Å². The first-order valence-corrected chi connectivity index (χ1v) is 13.6. The summed E-state index contributed by atoms with van der Waals surface area (Å²) in [7, 11) is 0. The van der Waals surface area contributed by atoms with Gasteiger partial charge in [0.1, 0.15) is 5.75 Å². The molecule has 8 nitrogen and oxygen atoms in total. The number of carbonyl (C=O) groups is 1. The fourth-order valence-electron chi connectivity index (χ4n) is 4.00. The van der Waals surface area contributed by atoms with Crippen LogP contribution >= 0.6 is 11.8 Å². The minimum atomic E-state index is -0.299. The molecule has 0 spiro atoms. The minimum Gasteiger partial charge on any atom is -0.494 e. The maximum atomic E-state index is 13.4. The van der Waals surface area contributed by atoms with Crippen molar-refractivity contribution in [1.82, 2.24) is 15.0 Å². The second-order valence-electron chi connectivity index (χ2n) is 8.32. The van der Waals surface area contributed by atoms with Gasteiger partial charge >= 0.3 is 0 Å². The third-order valence-corrected chi connectivity index (χ3v) is 6.85. The van der Waals surface area contributed by atoms with Gasteiger partial charge in [-0.3, -0.25) is 14.2 Å². The maximum absolute atomic E-state index is 13.4. The highest BCUT2D eigenvalue weighted by atomic mass is 32.2. The van der Waals surface area contributed by atoms with Gasteiger partial charge in [0.2, 0.25) is 0 Å². The van der Waals surface area contributed by atoms with Gasteiger partial charge in [-0.1, -0.05) is 36.0 Å². The predicted molar refractivity (Wildman–Crippen MR) is 155 cm³/mol. The van der Waals surface area contributed by atoms with Gasteiger partial charge in [-0.05, 0) is 74.9 Å². The van der Waals surface area contributed by atoms with Crippen molar-refractivity contribution < 1.29 is 9.53 Å². The van der Waals surface area contributed by atoms with Crippen LogP contribution in [0.15, 0.2) is 87.8 Å². The van der Waals surface area contributed by atoms with Gasteiger partial charge in [0, 0.05) is 18.8 Å². The Morgan fingerprint density at radius 3 is 2.42 bits per heavy atom. The number of hydrogen-bond acceptors (Lipinski definition) is 7. The van der Waals surface area contributed by atoms with Crippen LogP contribution in [0.25, 0.3) is 16.6 Å². The van der Waals surface area contributed by atoms with E-state index in [2.05, 4.69) is 34.3 Å². The molecule has 1 heterocycles. The average molecular weight is 530 g/mol. The van der Waals surface area contributed by atoms with Crippen LogP contribution < -0.4 is 20.6 Å². The molecule has 4 aromatic rings. The number of nitrogens with zero attached hydrogens (tertiary/aromatic N) is 4. The summed E-state index contributed by atoms with van der Waals surface area (Å²) >= 11 is 1.18. The summed E-state index contributed by atoms with van der Waals surface area (Å²) in [6.45, 7) is 8.59. The quantitative estimate of drug-likeness (QED) is 0.129. The summed E-state index contributed by atoms with van der Waals surface area (Å²) in [6, 6.07) is 22.4. The zero-order valence-corrected chi connectivity index (χ0v) is 22.6. The predicted octanol–water partition coefficient (Wildman–Crippen LogP) is 4.87. The van der Waals surface area contributed by atoms with Gasteiger partial charge in [0.15, 0.2) is 5.16 Å². The molecule has 1 aromatic heterocycles. The number of thioether (sulfide) groups is 1. The minimum absolute atomic E-state index is 0.0417. The first-order valence-electron chi connectivity index (χ1n) is 12.6. The summed E-state index contributed by atoms with van der Waals surface area (Å²) in [5.74, 6) is 0.457. The Kier molecular flexibility index (Phi) is 9.16. The van der Waals surface area contributed by atoms with Gasteiger partial charge in [-0.25, -0.2) is 10.4 Å². The second-order valence-corrected chi connectivity index (χ2v) is 9.27. The van der Waals surface area contributed by atoms with Crippen molar-refractivity contribution in [2.75, 3.05) is 30.3 Å². The van der Waals surface area contributed by atoms with E-state index in [0.717, 1.165) is 24.3 Å². The highest BCUT2D eigenvalue weighted by molar-refractivity contribution is 7.99. The smallest absolute Gasteiger partial charge is 0.266 e. The number of hydrazone groups is 1. The number of nitrogens with one attached hydrogen (secondary N) is 1. The van der Waals surface area contributed by atoms with Crippen molar-refractivity contribution in [2.45, 2.75) is 25.9 Å². The number of amides is 1. The van der Waals surface area contributed by atoms with Crippen LogP contribution in [0.5, 0.6) is 5.75 Å². The first-order chi connectivity index (χ1) is 18.5.